The van der Waals surface area contributed by atoms with E-state index in [0.29, 0.717) is 24.3 Å². The van der Waals surface area contributed by atoms with E-state index in [1.54, 1.807) is 4.68 Å². The van der Waals surface area contributed by atoms with Crippen LogP contribution in [0.4, 0.5) is 5.69 Å². The molecule has 1 aliphatic heterocycles. The van der Waals surface area contributed by atoms with Crippen molar-refractivity contribution in [1.29, 1.82) is 0 Å². The fourth-order valence-corrected chi connectivity index (χ4v) is 3.57. The van der Waals surface area contributed by atoms with Crippen molar-refractivity contribution in [3.63, 3.8) is 0 Å². The lowest BCUT2D eigenvalue weighted by atomic mass is 10.2. The number of nitrogens with zero attached hydrogens (tertiary/aromatic N) is 4. The van der Waals surface area contributed by atoms with Crippen molar-refractivity contribution in [3.8, 4) is 5.69 Å². The van der Waals surface area contributed by atoms with Gasteiger partial charge in [-0.3, -0.25) is 9.59 Å². The summed E-state index contributed by atoms with van der Waals surface area (Å²) in [5.74, 6) is -0.126. The summed E-state index contributed by atoms with van der Waals surface area (Å²) in [6.07, 6.45) is 1.53. The first kappa shape index (κ1) is 18.9. The highest BCUT2D eigenvalue weighted by molar-refractivity contribution is 6.03. The van der Waals surface area contributed by atoms with E-state index in [1.165, 1.54) is 0 Å². The number of carbonyl (C=O) groups is 2. The zero-order valence-corrected chi connectivity index (χ0v) is 16.6. The SMILES string of the molecule is Cc1cccc(-n2nnc(C(=O)Nc3cccc(CN4CCCC4=O)c3)c2C)c1. The number of nitrogens with one attached hydrogen (secondary N) is 1. The highest BCUT2D eigenvalue weighted by atomic mass is 16.2. The van der Waals surface area contributed by atoms with Gasteiger partial charge in [0.25, 0.3) is 5.91 Å². The van der Waals surface area contributed by atoms with E-state index < -0.39 is 0 Å². The van der Waals surface area contributed by atoms with Gasteiger partial charge >= 0.3 is 0 Å². The van der Waals surface area contributed by atoms with E-state index in [-0.39, 0.29) is 17.5 Å². The molecule has 1 N–H and O–H groups in total. The smallest absolute Gasteiger partial charge is 0.278 e. The molecule has 7 heteroatoms. The molecule has 4 rings (SSSR count). The maximum atomic E-state index is 12.8. The molecule has 148 valence electrons. The zero-order chi connectivity index (χ0) is 20.4. The van der Waals surface area contributed by atoms with Crippen LogP contribution >= 0.6 is 0 Å². The molecule has 1 fully saturated rings. The van der Waals surface area contributed by atoms with Gasteiger partial charge in [0.2, 0.25) is 5.91 Å². The number of aromatic nitrogens is 3. The Bertz CT molecular complexity index is 1070. The summed E-state index contributed by atoms with van der Waals surface area (Å²) in [4.78, 5) is 26.5. The number of hydrogen-bond acceptors (Lipinski definition) is 4. The van der Waals surface area contributed by atoms with Gasteiger partial charge in [-0.25, -0.2) is 4.68 Å². The van der Waals surface area contributed by atoms with Crippen LogP contribution in [-0.4, -0.2) is 38.3 Å². The topological polar surface area (TPSA) is 80.1 Å². The van der Waals surface area contributed by atoms with Gasteiger partial charge in [-0.1, -0.05) is 29.5 Å². The molecule has 1 aromatic heterocycles. The maximum absolute atomic E-state index is 12.8. The summed E-state index contributed by atoms with van der Waals surface area (Å²) >= 11 is 0. The number of rotatable bonds is 5. The molecule has 3 aromatic rings. The molecule has 1 aliphatic rings. The monoisotopic (exact) mass is 389 g/mol. The predicted molar refractivity (Wildman–Crippen MR) is 110 cm³/mol. The van der Waals surface area contributed by atoms with E-state index in [0.717, 1.165) is 29.8 Å². The molecule has 29 heavy (non-hydrogen) atoms. The van der Waals surface area contributed by atoms with Gasteiger partial charge in [0.05, 0.1) is 11.4 Å². The highest BCUT2D eigenvalue weighted by Crippen LogP contribution is 2.19. The van der Waals surface area contributed by atoms with Gasteiger partial charge < -0.3 is 10.2 Å². The third-order valence-corrected chi connectivity index (χ3v) is 5.09. The number of carbonyl (C=O) groups excluding carboxylic acids is 2. The molecule has 2 heterocycles. The van der Waals surface area contributed by atoms with Crippen molar-refractivity contribution < 1.29 is 9.59 Å². The van der Waals surface area contributed by atoms with E-state index >= 15 is 0 Å². The van der Waals surface area contributed by atoms with Gasteiger partial charge in [0, 0.05) is 25.2 Å². The van der Waals surface area contributed by atoms with Crippen LogP contribution in [0, 0.1) is 13.8 Å². The summed E-state index contributed by atoms with van der Waals surface area (Å²) in [6.45, 7) is 5.18. The van der Waals surface area contributed by atoms with Gasteiger partial charge in [-0.05, 0) is 55.7 Å². The normalized spacial score (nSPS) is 13.7. The quantitative estimate of drug-likeness (QED) is 0.726. The van der Waals surface area contributed by atoms with Crippen LogP contribution in [0.15, 0.2) is 48.5 Å². The second-order valence-corrected chi connectivity index (χ2v) is 7.35. The molecule has 0 aliphatic carbocycles. The number of hydrogen-bond donors (Lipinski definition) is 1. The van der Waals surface area contributed by atoms with E-state index in [2.05, 4.69) is 15.6 Å². The van der Waals surface area contributed by atoms with Crippen molar-refractivity contribution >= 4 is 17.5 Å². The Morgan fingerprint density at radius 2 is 1.97 bits per heavy atom. The minimum atomic E-state index is -0.309. The molecule has 0 unspecified atom stereocenters. The molecular formula is C22H23N5O2. The minimum absolute atomic E-state index is 0.183. The van der Waals surface area contributed by atoms with Crippen LogP contribution in [0.5, 0.6) is 0 Å². The third kappa shape index (κ3) is 4.03. The van der Waals surface area contributed by atoms with Crippen molar-refractivity contribution in [2.45, 2.75) is 33.2 Å². The molecule has 0 atom stereocenters. The zero-order valence-electron chi connectivity index (χ0n) is 16.6. The van der Waals surface area contributed by atoms with Crippen LogP contribution in [0.1, 0.15) is 40.2 Å². The lowest BCUT2D eigenvalue weighted by Gasteiger charge is -2.16. The number of amides is 2. The van der Waals surface area contributed by atoms with Crippen LogP contribution in [0.2, 0.25) is 0 Å². The molecule has 2 aromatic carbocycles. The van der Waals surface area contributed by atoms with E-state index in [1.807, 2.05) is 67.3 Å². The van der Waals surface area contributed by atoms with Crippen LogP contribution in [-0.2, 0) is 11.3 Å². The van der Waals surface area contributed by atoms with Crippen LogP contribution in [0.25, 0.3) is 5.69 Å². The largest absolute Gasteiger partial charge is 0.338 e. The van der Waals surface area contributed by atoms with Gasteiger partial charge in [0.1, 0.15) is 0 Å². The van der Waals surface area contributed by atoms with Crippen molar-refractivity contribution in [2.24, 2.45) is 0 Å². The molecule has 0 radical (unpaired) electrons. The first-order valence-corrected chi connectivity index (χ1v) is 9.68. The lowest BCUT2D eigenvalue weighted by molar-refractivity contribution is -0.128. The average Bonchev–Trinajstić information content (AvgIpc) is 3.28. The molecule has 0 spiro atoms. The van der Waals surface area contributed by atoms with Crippen molar-refractivity contribution in [2.75, 3.05) is 11.9 Å². The Balaban J connectivity index is 1.50. The Morgan fingerprint density at radius 3 is 2.72 bits per heavy atom. The third-order valence-electron chi connectivity index (χ3n) is 5.09. The Labute approximate surface area is 169 Å². The molecule has 2 amide bonds. The number of anilines is 1. The van der Waals surface area contributed by atoms with Gasteiger partial charge in [0.15, 0.2) is 5.69 Å². The molecule has 0 saturated carbocycles. The molecule has 7 nitrogen and oxygen atoms in total. The van der Waals surface area contributed by atoms with E-state index in [9.17, 15) is 9.59 Å². The van der Waals surface area contributed by atoms with Gasteiger partial charge in [-0.15, -0.1) is 5.10 Å². The van der Waals surface area contributed by atoms with Crippen LogP contribution in [0.3, 0.4) is 0 Å². The maximum Gasteiger partial charge on any atom is 0.278 e. The number of benzene rings is 2. The first-order valence-electron chi connectivity index (χ1n) is 9.68. The lowest BCUT2D eigenvalue weighted by Crippen LogP contribution is -2.23. The summed E-state index contributed by atoms with van der Waals surface area (Å²) in [6, 6.07) is 15.4. The second-order valence-electron chi connectivity index (χ2n) is 7.35. The Morgan fingerprint density at radius 1 is 1.14 bits per heavy atom. The standard InChI is InChI=1S/C22H23N5O2/c1-15-6-3-9-19(12-15)27-16(2)21(24-25-27)22(29)23-18-8-4-7-17(13-18)14-26-11-5-10-20(26)28/h3-4,6-9,12-13H,5,10-11,14H2,1-2H3,(H,23,29). The summed E-state index contributed by atoms with van der Waals surface area (Å²) in [5.41, 5.74) is 4.59. The summed E-state index contributed by atoms with van der Waals surface area (Å²) < 4.78 is 1.66. The molecule has 0 bridgehead atoms. The second kappa shape index (κ2) is 7.87. The first-order chi connectivity index (χ1) is 14.0. The Kier molecular flexibility index (Phi) is 5.12. The highest BCUT2D eigenvalue weighted by Gasteiger charge is 2.21. The minimum Gasteiger partial charge on any atom is -0.338 e. The van der Waals surface area contributed by atoms with Crippen molar-refractivity contribution in [3.05, 3.63) is 71.0 Å². The van der Waals surface area contributed by atoms with E-state index in [4.69, 9.17) is 0 Å². The molecular weight excluding hydrogens is 366 g/mol. The molecule has 1 saturated heterocycles. The van der Waals surface area contributed by atoms with Crippen LogP contribution < -0.4 is 5.32 Å². The average molecular weight is 389 g/mol. The number of likely N-dealkylation sites (tertiary alicyclic amines) is 1. The number of aryl methyl sites for hydroxylation is 1. The summed E-state index contributed by atoms with van der Waals surface area (Å²) in [7, 11) is 0. The van der Waals surface area contributed by atoms with Crippen molar-refractivity contribution in [1.82, 2.24) is 19.9 Å². The fourth-order valence-electron chi connectivity index (χ4n) is 3.57. The fraction of sp³-hybridized carbons (Fsp3) is 0.273. The summed E-state index contributed by atoms with van der Waals surface area (Å²) in [5, 5.41) is 11.1. The predicted octanol–water partition coefficient (Wildman–Crippen LogP) is 3.26. The Hall–Kier alpha value is -3.48. The van der Waals surface area contributed by atoms with Gasteiger partial charge in [-0.2, -0.15) is 0 Å².